The second-order valence-electron chi connectivity index (χ2n) is 8.33. The number of piperidine rings is 1. The fraction of sp³-hybridized carbons (Fsp3) is 0.526. The zero-order chi connectivity index (χ0) is 20.9. The number of amides is 3. The summed E-state index contributed by atoms with van der Waals surface area (Å²) in [5.74, 6) is -0.965. The van der Waals surface area contributed by atoms with E-state index in [2.05, 4.69) is 4.72 Å². The summed E-state index contributed by atoms with van der Waals surface area (Å²) in [6.07, 6.45) is 2.17. The summed E-state index contributed by atoms with van der Waals surface area (Å²) in [6, 6.07) is 4.41. The van der Waals surface area contributed by atoms with Crippen LogP contribution in [0.2, 0.25) is 0 Å². The summed E-state index contributed by atoms with van der Waals surface area (Å²) >= 11 is 0. The zero-order valence-electron chi connectivity index (χ0n) is 16.5. The lowest BCUT2D eigenvalue weighted by Crippen LogP contribution is -2.46. The topological polar surface area (TPSA) is 104 Å². The second kappa shape index (κ2) is 6.97. The highest BCUT2D eigenvalue weighted by molar-refractivity contribution is 7.88. The van der Waals surface area contributed by atoms with Crippen LogP contribution in [0.1, 0.15) is 64.7 Å². The van der Waals surface area contributed by atoms with Gasteiger partial charge in [-0.1, -0.05) is 0 Å². The summed E-state index contributed by atoms with van der Waals surface area (Å²) in [5, 5.41) is 0. The Balaban J connectivity index is 1.75. The van der Waals surface area contributed by atoms with E-state index in [1.807, 2.05) is 0 Å². The van der Waals surface area contributed by atoms with Crippen molar-refractivity contribution in [3.05, 3.63) is 34.9 Å². The molecule has 3 rings (SSSR count). The third kappa shape index (κ3) is 3.95. The molecule has 0 radical (unpaired) electrons. The SMILES string of the molecule is CC(C)(C)N1C(=O)c2ccc(C(=O)N3CCC(NS(C)(=O)=O)CC3)cc2C1=O. The number of sulfonamides is 1. The monoisotopic (exact) mass is 407 g/mol. The van der Waals surface area contributed by atoms with Crippen LogP contribution in [-0.2, 0) is 10.0 Å². The maximum absolute atomic E-state index is 12.8. The first kappa shape index (κ1) is 20.5. The minimum Gasteiger partial charge on any atom is -0.339 e. The molecule has 1 saturated heterocycles. The average Bonchev–Trinajstić information content (AvgIpc) is 2.84. The number of likely N-dealkylation sites (tertiary alicyclic amines) is 1. The Morgan fingerprint density at radius 3 is 2.18 bits per heavy atom. The molecule has 3 amide bonds. The molecule has 9 heteroatoms. The zero-order valence-corrected chi connectivity index (χ0v) is 17.3. The molecule has 1 fully saturated rings. The number of nitrogens with one attached hydrogen (secondary N) is 1. The van der Waals surface area contributed by atoms with Crippen LogP contribution < -0.4 is 4.72 Å². The van der Waals surface area contributed by atoms with E-state index in [9.17, 15) is 22.8 Å². The van der Waals surface area contributed by atoms with Gasteiger partial charge in [0.05, 0.1) is 17.4 Å². The van der Waals surface area contributed by atoms with Gasteiger partial charge in [0.1, 0.15) is 0 Å². The lowest BCUT2D eigenvalue weighted by molar-refractivity contribution is 0.0507. The molecule has 0 saturated carbocycles. The summed E-state index contributed by atoms with van der Waals surface area (Å²) < 4.78 is 25.3. The van der Waals surface area contributed by atoms with E-state index in [1.54, 1.807) is 31.7 Å². The van der Waals surface area contributed by atoms with Gasteiger partial charge in [0, 0.05) is 30.2 Å². The number of rotatable bonds is 3. The first-order valence-electron chi connectivity index (χ1n) is 9.18. The minimum atomic E-state index is -3.28. The van der Waals surface area contributed by atoms with Crippen LogP contribution >= 0.6 is 0 Å². The van der Waals surface area contributed by atoms with Gasteiger partial charge in [-0.15, -0.1) is 0 Å². The molecule has 152 valence electrons. The Hall–Kier alpha value is -2.26. The van der Waals surface area contributed by atoms with Crippen molar-refractivity contribution < 1.29 is 22.8 Å². The maximum Gasteiger partial charge on any atom is 0.262 e. The predicted octanol–water partition coefficient (Wildman–Crippen LogP) is 1.23. The predicted molar refractivity (Wildman–Crippen MR) is 104 cm³/mol. The summed E-state index contributed by atoms with van der Waals surface area (Å²) in [5.41, 5.74) is 0.267. The van der Waals surface area contributed by atoms with Gasteiger partial charge in [0.15, 0.2) is 0 Å². The highest BCUT2D eigenvalue weighted by atomic mass is 32.2. The van der Waals surface area contributed by atoms with Crippen molar-refractivity contribution >= 4 is 27.7 Å². The molecule has 8 nitrogen and oxygen atoms in total. The largest absolute Gasteiger partial charge is 0.339 e. The van der Waals surface area contributed by atoms with E-state index < -0.39 is 21.5 Å². The van der Waals surface area contributed by atoms with Crippen molar-refractivity contribution in [2.24, 2.45) is 0 Å². The van der Waals surface area contributed by atoms with Crippen molar-refractivity contribution in [2.75, 3.05) is 19.3 Å². The molecule has 28 heavy (non-hydrogen) atoms. The third-order valence-corrected chi connectivity index (χ3v) is 5.73. The smallest absolute Gasteiger partial charge is 0.262 e. The molecule has 0 atom stereocenters. The van der Waals surface area contributed by atoms with Gasteiger partial charge in [-0.05, 0) is 51.8 Å². The lowest BCUT2D eigenvalue weighted by Gasteiger charge is -2.32. The first-order chi connectivity index (χ1) is 12.9. The molecular weight excluding hydrogens is 382 g/mol. The molecule has 1 N–H and O–H groups in total. The number of fused-ring (bicyclic) bond motifs is 1. The maximum atomic E-state index is 12.8. The van der Waals surface area contributed by atoms with E-state index in [-0.39, 0.29) is 23.4 Å². The molecule has 2 heterocycles. The highest BCUT2D eigenvalue weighted by Crippen LogP contribution is 2.30. The first-order valence-corrected chi connectivity index (χ1v) is 11.1. The normalized spacial score (nSPS) is 18.6. The number of imide groups is 1. The Morgan fingerprint density at radius 1 is 1.07 bits per heavy atom. The van der Waals surface area contributed by atoms with E-state index >= 15 is 0 Å². The Labute approximate surface area is 164 Å². The number of hydrogen-bond acceptors (Lipinski definition) is 5. The van der Waals surface area contributed by atoms with Gasteiger partial charge < -0.3 is 4.90 Å². The Morgan fingerprint density at radius 2 is 1.64 bits per heavy atom. The average molecular weight is 407 g/mol. The molecule has 0 aromatic heterocycles. The molecule has 1 aromatic rings. The molecule has 0 unspecified atom stereocenters. The van der Waals surface area contributed by atoms with Crippen LogP contribution in [0.4, 0.5) is 0 Å². The van der Waals surface area contributed by atoms with Crippen LogP contribution in [0.3, 0.4) is 0 Å². The number of carbonyl (C=O) groups excluding carboxylic acids is 3. The van der Waals surface area contributed by atoms with Crippen LogP contribution in [0.5, 0.6) is 0 Å². The highest BCUT2D eigenvalue weighted by Gasteiger charge is 2.42. The van der Waals surface area contributed by atoms with Gasteiger partial charge in [-0.2, -0.15) is 0 Å². The van der Waals surface area contributed by atoms with Crippen molar-refractivity contribution in [1.82, 2.24) is 14.5 Å². The van der Waals surface area contributed by atoms with E-state index in [4.69, 9.17) is 0 Å². The Kier molecular flexibility index (Phi) is 5.09. The van der Waals surface area contributed by atoms with Crippen molar-refractivity contribution in [3.63, 3.8) is 0 Å². The van der Waals surface area contributed by atoms with Crippen LogP contribution in [-0.4, -0.2) is 66.9 Å². The fourth-order valence-electron chi connectivity index (χ4n) is 3.67. The molecule has 2 aliphatic heterocycles. The van der Waals surface area contributed by atoms with Crippen molar-refractivity contribution in [1.29, 1.82) is 0 Å². The minimum absolute atomic E-state index is 0.182. The third-order valence-electron chi connectivity index (χ3n) is 4.97. The van der Waals surface area contributed by atoms with Crippen molar-refractivity contribution in [2.45, 2.75) is 45.2 Å². The van der Waals surface area contributed by atoms with Crippen LogP contribution in [0, 0.1) is 0 Å². The number of carbonyl (C=O) groups is 3. The van der Waals surface area contributed by atoms with Gasteiger partial charge in [-0.25, -0.2) is 13.1 Å². The van der Waals surface area contributed by atoms with Gasteiger partial charge in [0.25, 0.3) is 17.7 Å². The van der Waals surface area contributed by atoms with Crippen LogP contribution in [0.15, 0.2) is 18.2 Å². The molecule has 1 aromatic carbocycles. The quantitative estimate of drug-likeness (QED) is 0.759. The fourth-order valence-corrected chi connectivity index (χ4v) is 4.51. The molecule has 0 bridgehead atoms. The number of nitrogens with zero attached hydrogens (tertiary/aromatic N) is 2. The van der Waals surface area contributed by atoms with E-state index in [1.165, 1.54) is 17.0 Å². The molecular formula is C19H25N3O5S. The van der Waals surface area contributed by atoms with Crippen molar-refractivity contribution in [3.8, 4) is 0 Å². The molecule has 2 aliphatic rings. The number of benzene rings is 1. The second-order valence-corrected chi connectivity index (χ2v) is 10.1. The Bertz CT molecular complexity index is 941. The van der Waals surface area contributed by atoms with Crippen LogP contribution in [0.25, 0.3) is 0 Å². The van der Waals surface area contributed by atoms with E-state index in [0.29, 0.717) is 37.1 Å². The molecule has 0 spiro atoms. The van der Waals surface area contributed by atoms with Gasteiger partial charge >= 0.3 is 0 Å². The summed E-state index contributed by atoms with van der Waals surface area (Å²) in [6.45, 7) is 6.20. The van der Waals surface area contributed by atoms with E-state index in [0.717, 1.165) is 6.26 Å². The lowest BCUT2D eigenvalue weighted by atomic mass is 10.0. The van der Waals surface area contributed by atoms with Gasteiger partial charge in [0.2, 0.25) is 10.0 Å². The molecule has 0 aliphatic carbocycles. The summed E-state index contributed by atoms with van der Waals surface area (Å²) in [7, 11) is -3.28. The van der Waals surface area contributed by atoms with Gasteiger partial charge in [-0.3, -0.25) is 19.3 Å². The number of hydrogen-bond donors (Lipinski definition) is 1. The standard InChI is InChI=1S/C19H25N3O5S/c1-19(2,3)22-17(24)14-6-5-12(11-15(14)18(22)25)16(23)21-9-7-13(8-10-21)20-28(4,26)27/h5-6,11,13,20H,7-10H2,1-4H3. The summed E-state index contributed by atoms with van der Waals surface area (Å²) in [4.78, 5) is 40.9.